The molecule has 1 aromatic carbocycles. The lowest BCUT2D eigenvalue weighted by molar-refractivity contribution is -0.125. The van der Waals surface area contributed by atoms with Gasteiger partial charge in [-0.05, 0) is 80.8 Å². The lowest BCUT2D eigenvalue weighted by Gasteiger charge is -2.33. The highest BCUT2D eigenvalue weighted by Crippen LogP contribution is 2.41. The van der Waals surface area contributed by atoms with Crippen LogP contribution in [0.5, 0.6) is 0 Å². The van der Waals surface area contributed by atoms with Gasteiger partial charge in [0.1, 0.15) is 11.5 Å². The maximum absolute atomic E-state index is 15.5. The minimum atomic E-state index is -0.616. The van der Waals surface area contributed by atoms with Gasteiger partial charge in [-0.25, -0.2) is 13.9 Å². The van der Waals surface area contributed by atoms with Crippen molar-refractivity contribution in [3.63, 3.8) is 0 Å². The van der Waals surface area contributed by atoms with E-state index in [1.807, 2.05) is 28.9 Å². The first kappa shape index (κ1) is 25.2. The Bertz CT molecular complexity index is 1680. The lowest BCUT2D eigenvalue weighted by Crippen LogP contribution is -2.38. The molecule has 4 aromatic rings. The Morgan fingerprint density at radius 3 is 2.70 bits per heavy atom. The van der Waals surface area contributed by atoms with Crippen LogP contribution in [-0.4, -0.2) is 50.9 Å². The summed E-state index contributed by atoms with van der Waals surface area (Å²) in [5.41, 5.74) is 9.65. The number of hydrogen-bond acceptors (Lipinski definition) is 6. The van der Waals surface area contributed by atoms with E-state index in [1.54, 1.807) is 28.0 Å². The van der Waals surface area contributed by atoms with Crippen molar-refractivity contribution >= 4 is 34.5 Å². The summed E-state index contributed by atoms with van der Waals surface area (Å²) in [4.78, 5) is 35.5. The minimum Gasteiger partial charge on any atom is -0.370 e. The molecule has 2 fully saturated rings. The van der Waals surface area contributed by atoms with E-state index in [0.717, 1.165) is 25.0 Å². The van der Waals surface area contributed by atoms with Crippen molar-refractivity contribution in [3.05, 3.63) is 69.4 Å². The summed E-state index contributed by atoms with van der Waals surface area (Å²) in [5.74, 6) is -0.499. The fraction of sp³-hybridized carbons (Fsp3) is 0.400. The van der Waals surface area contributed by atoms with Crippen LogP contribution in [0.25, 0.3) is 16.9 Å². The average Bonchev–Trinajstić information content (AvgIpc) is 3.31. The SMILES string of the molecule is C[C@@H]1c2ccsc2CCN1C(=O)c1cc(C2CC2)n2nc(-c3ccc(N4CCC(C)(C(N)=O)C4)cc3F)cc2n1. The topological polar surface area (TPSA) is 96.8 Å². The van der Waals surface area contributed by atoms with Gasteiger partial charge in [0, 0.05) is 53.4 Å². The molecule has 0 bridgehead atoms. The van der Waals surface area contributed by atoms with Crippen molar-refractivity contribution < 1.29 is 14.0 Å². The van der Waals surface area contributed by atoms with Gasteiger partial charge in [0.25, 0.3) is 5.91 Å². The molecule has 0 spiro atoms. The summed E-state index contributed by atoms with van der Waals surface area (Å²) >= 11 is 1.75. The van der Waals surface area contributed by atoms with Crippen molar-refractivity contribution in [2.24, 2.45) is 11.1 Å². The summed E-state index contributed by atoms with van der Waals surface area (Å²) in [7, 11) is 0. The van der Waals surface area contributed by atoms with Crippen LogP contribution in [0.4, 0.5) is 10.1 Å². The summed E-state index contributed by atoms with van der Waals surface area (Å²) in [6.45, 7) is 5.69. The predicted octanol–water partition coefficient (Wildman–Crippen LogP) is 4.94. The highest BCUT2D eigenvalue weighted by atomic mass is 32.1. The second-order valence-electron chi connectivity index (χ2n) is 11.6. The average molecular weight is 559 g/mol. The molecule has 206 valence electrons. The molecule has 3 aliphatic rings. The normalized spacial score (nSPS) is 22.6. The van der Waals surface area contributed by atoms with E-state index >= 15 is 4.39 Å². The van der Waals surface area contributed by atoms with E-state index in [2.05, 4.69) is 18.4 Å². The van der Waals surface area contributed by atoms with Gasteiger partial charge in [-0.2, -0.15) is 5.10 Å². The monoisotopic (exact) mass is 558 g/mol. The molecular weight excluding hydrogens is 527 g/mol. The fourth-order valence-electron chi connectivity index (χ4n) is 6.13. The number of benzene rings is 1. The molecule has 2 N–H and O–H groups in total. The van der Waals surface area contributed by atoms with Gasteiger partial charge in [0.15, 0.2) is 5.65 Å². The molecule has 40 heavy (non-hydrogen) atoms. The van der Waals surface area contributed by atoms with Gasteiger partial charge >= 0.3 is 0 Å². The maximum atomic E-state index is 15.5. The number of nitrogens with two attached hydrogens (primary N) is 1. The molecule has 5 heterocycles. The van der Waals surface area contributed by atoms with Crippen molar-refractivity contribution in [1.82, 2.24) is 19.5 Å². The molecule has 1 saturated carbocycles. The van der Waals surface area contributed by atoms with E-state index in [4.69, 9.17) is 15.8 Å². The van der Waals surface area contributed by atoms with E-state index in [1.165, 1.54) is 16.5 Å². The third-order valence-electron chi connectivity index (χ3n) is 8.87. The van der Waals surface area contributed by atoms with Crippen LogP contribution in [0.3, 0.4) is 0 Å². The number of halogens is 1. The number of carbonyl (C=O) groups is 2. The second-order valence-corrected chi connectivity index (χ2v) is 12.6. The van der Waals surface area contributed by atoms with E-state index < -0.39 is 11.2 Å². The Morgan fingerprint density at radius 2 is 1.98 bits per heavy atom. The molecule has 2 amide bonds. The van der Waals surface area contributed by atoms with Crippen molar-refractivity contribution in [2.45, 2.75) is 51.5 Å². The zero-order valence-corrected chi connectivity index (χ0v) is 23.4. The van der Waals surface area contributed by atoms with Crippen LogP contribution in [0.1, 0.15) is 71.7 Å². The number of nitrogens with zero attached hydrogens (tertiary/aromatic N) is 5. The molecule has 3 aromatic heterocycles. The number of hydrogen-bond donors (Lipinski definition) is 1. The zero-order chi connectivity index (χ0) is 27.8. The first-order valence-corrected chi connectivity index (χ1v) is 14.7. The van der Waals surface area contributed by atoms with Crippen molar-refractivity contribution in [1.29, 1.82) is 0 Å². The molecule has 1 saturated heterocycles. The number of thiophene rings is 1. The minimum absolute atomic E-state index is 0.00516. The van der Waals surface area contributed by atoms with Crippen LogP contribution < -0.4 is 10.6 Å². The molecule has 2 atom stereocenters. The van der Waals surface area contributed by atoms with E-state index in [-0.39, 0.29) is 17.9 Å². The largest absolute Gasteiger partial charge is 0.370 e. The van der Waals surface area contributed by atoms with Gasteiger partial charge in [0.2, 0.25) is 5.91 Å². The number of aromatic nitrogens is 3. The third kappa shape index (κ3) is 4.08. The fourth-order valence-corrected chi connectivity index (χ4v) is 7.10. The summed E-state index contributed by atoms with van der Waals surface area (Å²) in [6, 6.07) is 10.8. The number of amides is 2. The third-order valence-corrected chi connectivity index (χ3v) is 9.87. The van der Waals surface area contributed by atoms with Crippen LogP contribution >= 0.6 is 11.3 Å². The van der Waals surface area contributed by atoms with Crippen molar-refractivity contribution in [3.8, 4) is 11.3 Å². The Labute approximate surface area is 235 Å². The zero-order valence-electron chi connectivity index (χ0n) is 22.6. The van der Waals surface area contributed by atoms with Crippen molar-refractivity contribution in [2.75, 3.05) is 24.5 Å². The molecular formula is C30H31FN6O2S. The van der Waals surface area contributed by atoms with Gasteiger partial charge in [-0.1, -0.05) is 0 Å². The smallest absolute Gasteiger partial charge is 0.273 e. The summed E-state index contributed by atoms with van der Waals surface area (Å²) in [5, 5.41) is 6.84. The number of fused-ring (bicyclic) bond motifs is 2. The van der Waals surface area contributed by atoms with Crippen LogP contribution in [0.15, 0.2) is 41.8 Å². The lowest BCUT2D eigenvalue weighted by atomic mass is 9.89. The summed E-state index contributed by atoms with van der Waals surface area (Å²) < 4.78 is 17.3. The number of rotatable bonds is 5. The Morgan fingerprint density at radius 1 is 1.15 bits per heavy atom. The first-order chi connectivity index (χ1) is 19.2. The van der Waals surface area contributed by atoms with Crippen LogP contribution in [0, 0.1) is 11.2 Å². The van der Waals surface area contributed by atoms with E-state index in [9.17, 15) is 9.59 Å². The number of carbonyl (C=O) groups excluding carboxylic acids is 2. The highest BCUT2D eigenvalue weighted by Gasteiger charge is 2.39. The standard InChI is InChI=1S/C30H31FN6O2S/c1-17-20-8-12-40-26(20)7-10-36(17)28(38)24-14-25(18-3-4-18)37-27(33-24)15-23(34-37)21-6-5-19(13-22(21)31)35-11-9-30(2,16-35)29(32)39/h5-6,8,12-15,17-18H,3-4,7,9-11,16H2,1-2H3,(H2,32,39)/t17-,30?/m1/s1. The van der Waals surface area contributed by atoms with Gasteiger partial charge < -0.3 is 15.5 Å². The molecule has 10 heteroatoms. The van der Waals surface area contributed by atoms with Gasteiger partial charge in [0.05, 0.1) is 17.2 Å². The van der Waals surface area contributed by atoms with E-state index in [0.29, 0.717) is 60.3 Å². The quantitative estimate of drug-likeness (QED) is 0.375. The molecule has 1 aliphatic carbocycles. The first-order valence-electron chi connectivity index (χ1n) is 13.8. The molecule has 8 nitrogen and oxygen atoms in total. The predicted molar refractivity (Wildman–Crippen MR) is 152 cm³/mol. The number of primary amides is 1. The highest BCUT2D eigenvalue weighted by molar-refractivity contribution is 7.10. The molecule has 0 radical (unpaired) electrons. The number of anilines is 1. The Kier molecular flexibility index (Phi) is 5.75. The van der Waals surface area contributed by atoms with Gasteiger partial charge in [-0.15, -0.1) is 11.3 Å². The second kappa shape index (κ2) is 9.12. The van der Waals surface area contributed by atoms with Crippen LogP contribution in [-0.2, 0) is 11.2 Å². The molecule has 2 aliphatic heterocycles. The molecule has 7 rings (SSSR count). The Balaban J connectivity index is 1.21. The van der Waals surface area contributed by atoms with Gasteiger partial charge in [-0.3, -0.25) is 9.59 Å². The van der Waals surface area contributed by atoms with Crippen LogP contribution in [0.2, 0.25) is 0 Å². The summed E-state index contributed by atoms with van der Waals surface area (Å²) in [6.07, 6.45) is 3.55. The molecule has 1 unspecified atom stereocenters. The Hall–Kier alpha value is -3.79. The maximum Gasteiger partial charge on any atom is 0.273 e.